The van der Waals surface area contributed by atoms with Gasteiger partial charge < -0.3 is 15.4 Å². The Kier molecular flexibility index (Phi) is 3.41. The van der Waals surface area contributed by atoms with Gasteiger partial charge in [-0.2, -0.15) is 0 Å². The van der Waals surface area contributed by atoms with E-state index in [1.807, 2.05) is 0 Å². The number of fused-ring (bicyclic) bond motifs is 1. The van der Waals surface area contributed by atoms with Crippen LogP contribution < -0.4 is 15.4 Å². The summed E-state index contributed by atoms with van der Waals surface area (Å²) in [5.74, 6) is 1.81. The summed E-state index contributed by atoms with van der Waals surface area (Å²) < 4.78 is 5.67. The Bertz CT molecular complexity index is 411. The molecule has 18 heavy (non-hydrogen) atoms. The Hall–Kier alpha value is -1.22. The van der Waals surface area contributed by atoms with E-state index in [4.69, 9.17) is 10.5 Å². The van der Waals surface area contributed by atoms with Crippen molar-refractivity contribution in [1.29, 1.82) is 0 Å². The fourth-order valence-electron chi connectivity index (χ4n) is 2.97. The molecule has 1 saturated heterocycles. The number of benzene rings is 1. The smallest absolute Gasteiger partial charge is 0.122 e. The maximum absolute atomic E-state index is 5.74. The molecule has 3 nitrogen and oxygen atoms in total. The maximum atomic E-state index is 5.74. The fourth-order valence-corrected chi connectivity index (χ4v) is 2.97. The standard InChI is InChI=1S/C15H22N2O/c16-11-12-5-7-17(8-6-12)14-3-4-15-13(10-14)2-1-9-18-15/h3-4,10,12H,1-2,5-9,11,16H2. The van der Waals surface area contributed by atoms with E-state index in [2.05, 4.69) is 23.1 Å². The Morgan fingerprint density at radius 3 is 2.89 bits per heavy atom. The highest BCUT2D eigenvalue weighted by Gasteiger charge is 2.19. The molecule has 3 heteroatoms. The summed E-state index contributed by atoms with van der Waals surface area (Å²) in [5.41, 5.74) is 8.47. The Morgan fingerprint density at radius 1 is 1.28 bits per heavy atom. The van der Waals surface area contributed by atoms with Gasteiger partial charge in [-0.05, 0) is 61.9 Å². The summed E-state index contributed by atoms with van der Waals surface area (Å²) in [6.45, 7) is 3.99. The molecule has 0 bridgehead atoms. The third kappa shape index (κ3) is 2.32. The van der Waals surface area contributed by atoms with E-state index >= 15 is 0 Å². The molecule has 0 saturated carbocycles. The van der Waals surface area contributed by atoms with Crippen molar-refractivity contribution in [2.75, 3.05) is 31.1 Å². The molecule has 0 spiro atoms. The maximum Gasteiger partial charge on any atom is 0.122 e. The Balaban J connectivity index is 1.73. The molecule has 0 aliphatic carbocycles. The van der Waals surface area contributed by atoms with Gasteiger partial charge in [-0.3, -0.25) is 0 Å². The van der Waals surface area contributed by atoms with Crippen LogP contribution in [0.4, 0.5) is 5.69 Å². The highest BCUT2D eigenvalue weighted by atomic mass is 16.5. The molecule has 3 rings (SSSR count). The summed E-state index contributed by atoms with van der Waals surface area (Å²) in [6, 6.07) is 6.66. The first-order chi connectivity index (χ1) is 8.86. The SMILES string of the molecule is NCC1CCN(c2ccc3c(c2)CCCO3)CC1. The zero-order chi connectivity index (χ0) is 12.4. The number of aryl methyl sites for hydroxylation is 1. The number of hydrogen-bond acceptors (Lipinski definition) is 3. The lowest BCUT2D eigenvalue weighted by Gasteiger charge is -2.33. The normalized spacial score (nSPS) is 20.4. The topological polar surface area (TPSA) is 38.5 Å². The summed E-state index contributed by atoms with van der Waals surface area (Å²) >= 11 is 0. The molecule has 0 atom stereocenters. The molecule has 1 aromatic rings. The predicted octanol–water partition coefficient (Wildman–Crippen LogP) is 2.19. The minimum absolute atomic E-state index is 0.724. The monoisotopic (exact) mass is 246 g/mol. The highest BCUT2D eigenvalue weighted by molar-refractivity contribution is 5.54. The second kappa shape index (κ2) is 5.19. The van der Waals surface area contributed by atoms with Gasteiger partial charge in [0.1, 0.15) is 5.75 Å². The molecule has 98 valence electrons. The van der Waals surface area contributed by atoms with Crippen LogP contribution in [-0.4, -0.2) is 26.2 Å². The van der Waals surface area contributed by atoms with Crippen molar-refractivity contribution in [3.05, 3.63) is 23.8 Å². The molecule has 0 radical (unpaired) electrons. The van der Waals surface area contributed by atoms with Crippen molar-refractivity contribution in [2.45, 2.75) is 25.7 Å². The van der Waals surface area contributed by atoms with E-state index in [0.29, 0.717) is 0 Å². The molecule has 1 aromatic carbocycles. The number of ether oxygens (including phenoxy) is 1. The zero-order valence-electron chi connectivity index (χ0n) is 10.9. The van der Waals surface area contributed by atoms with Gasteiger partial charge in [0.2, 0.25) is 0 Å². The first kappa shape index (κ1) is 11.8. The van der Waals surface area contributed by atoms with Gasteiger partial charge in [0.15, 0.2) is 0 Å². The number of nitrogens with zero attached hydrogens (tertiary/aromatic N) is 1. The number of piperidine rings is 1. The van der Waals surface area contributed by atoms with Gasteiger partial charge in [0.05, 0.1) is 6.61 Å². The minimum Gasteiger partial charge on any atom is -0.493 e. The minimum atomic E-state index is 0.724. The van der Waals surface area contributed by atoms with Gasteiger partial charge in [0.25, 0.3) is 0 Å². The summed E-state index contributed by atoms with van der Waals surface area (Å²) in [4.78, 5) is 2.49. The first-order valence-electron chi connectivity index (χ1n) is 7.07. The number of rotatable bonds is 2. The van der Waals surface area contributed by atoms with E-state index < -0.39 is 0 Å². The van der Waals surface area contributed by atoms with Crippen LogP contribution >= 0.6 is 0 Å². The van der Waals surface area contributed by atoms with Gasteiger partial charge in [-0.25, -0.2) is 0 Å². The first-order valence-corrected chi connectivity index (χ1v) is 7.07. The van der Waals surface area contributed by atoms with E-state index in [1.54, 1.807) is 0 Å². The molecule has 2 aliphatic rings. The molecule has 2 aliphatic heterocycles. The molecule has 2 N–H and O–H groups in total. The van der Waals surface area contributed by atoms with Gasteiger partial charge in [-0.1, -0.05) is 0 Å². The second-order valence-corrected chi connectivity index (χ2v) is 5.41. The number of hydrogen-bond donors (Lipinski definition) is 1. The van der Waals surface area contributed by atoms with Gasteiger partial charge >= 0.3 is 0 Å². The van der Waals surface area contributed by atoms with E-state index in [1.165, 1.54) is 24.1 Å². The fraction of sp³-hybridized carbons (Fsp3) is 0.600. The average Bonchev–Trinajstić information content (AvgIpc) is 2.47. The van der Waals surface area contributed by atoms with Crippen LogP contribution in [0.3, 0.4) is 0 Å². The Morgan fingerprint density at radius 2 is 2.11 bits per heavy atom. The molecular weight excluding hydrogens is 224 g/mol. The van der Waals surface area contributed by atoms with Crippen molar-refractivity contribution in [3.63, 3.8) is 0 Å². The molecule has 0 aromatic heterocycles. The van der Waals surface area contributed by atoms with E-state index in [9.17, 15) is 0 Å². The predicted molar refractivity (Wildman–Crippen MR) is 74.2 cm³/mol. The van der Waals surface area contributed by atoms with Crippen LogP contribution in [0.25, 0.3) is 0 Å². The second-order valence-electron chi connectivity index (χ2n) is 5.41. The molecule has 0 unspecified atom stereocenters. The van der Waals surface area contributed by atoms with E-state index in [0.717, 1.165) is 50.8 Å². The summed E-state index contributed by atoms with van der Waals surface area (Å²) in [5, 5.41) is 0. The van der Waals surface area contributed by atoms with Crippen LogP contribution in [0.1, 0.15) is 24.8 Å². The van der Waals surface area contributed by atoms with Crippen LogP contribution in [0.2, 0.25) is 0 Å². The van der Waals surface area contributed by atoms with Crippen molar-refractivity contribution in [3.8, 4) is 5.75 Å². The van der Waals surface area contributed by atoms with Crippen molar-refractivity contribution >= 4 is 5.69 Å². The molecule has 0 amide bonds. The van der Waals surface area contributed by atoms with Gasteiger partial charge in [0, 0.05) is 18.8 Å². The largest absolute Gasteiger partial charge is 0.493 e. The molecule has 1 fully saturated rings. The van der Waals surface area contributed by atoms with Crippen molar-refractivity contribution in [2.24, 2.45) is 11.7 Å². The summed E-state index contributed by atoms with van der Waals surface area (Å²) in [6.07, 6.45) is 4.75. The van der Waals surface area contributed by atoms with Crippen LogP contribution in [0, 0.1) is 5.92 Å². The van der Waals surface area contributed by atoms with Crippen molar-refractivity contribution < 1.29 is 4.74 Å². The molecular formula is C15H22N2O. The lowest BCUT2D eigenvalue weighted by molar-refractivity contribution is 0.288. The van der Waals surface area contributed by atoms with Crippen LogP contribution in [0.5, 0.6) is 5.75 Å². The lowest BCUT2D eigenvalue weighted by Crippen LogP contribution is -2.36. The van der Waals surface area contributed by atoms with Crippen LogP contribution in [-0.2, 0) is 6.42 Å². The lowest BCUT2D eigenvalue weighted by atomic mass is 9.96. The zero-order valence-corrected chi connectivity index (χ0v) is 10.9. The van der Waals surface area contributed by atoms with E-state index in [-0.39, 0.29) is 0 Å². The van der Waals surface area contributed by atoms with Crippen LogP contribution in [0.15, 0.2) is 18.2 Å². The third-order valence-corrected chi connectivity index (χ3v) is 4.21. The number of nitrogens with two attached hydrogens (primary N) is 1. The number of anilines is 1. The molecule has 2 heterocycles. The highest BCUT2D eigenvalue weighted by Crippen LogP contribution is 2.30. The third-order valence-electron chi connectivity index (χ3n) is 4.21. The summed E-state index contributed by atoms with van der Waals surface area (Å²) in [7, 11) is 0. The Labute approximate surface area is 109 Å². The van der Waals surface area contributed by atoms with Gasteiger partial charge in [-0.15, -0.1) is 0 Å². The average molecular weight is 246 g/mol. The van der Waals surface area contributed by atoms with Crippen molar-refractivity contribution in [1.82, 2.24) is 0 Å². The quantitative estimate of drug-likeness (QED) is 0.869.